The molecule has 1 aromatic rings. The van der Waals surface area contributed by atoms with E-state index in [1.54, 1.807) is 0 Å². The van der Waals surface area contributed by atoms with Gasteiger partial charge in [-0.25, -0.2) is 0 Å². The van der Waals surface area contributed by atoms with E-state index >= 15 is 0 Å². The van der Waals surface area contributed by atoms with Crippen molar-refractivity contribution in [2.45, 2.75) is 32.2 Å². The Hall–Kier alpha value is -1.25. The van der Waals surface area contributed by atoms with Gasteiger partial charge < -0.3 is 9.88 Å². The minimum absolute atomic E-state index is 0.266. The zero-order valence-electron chi connectivity index (χ0n) is 8.49. The number of rotatable bonds is 2. The normalized spacial score (nSPS) is 21.5. The molecule has 0 aliphatic carbocycles. The third-order valence-corrected chi connectivity index (χ3v) is 2.86. The predicted octanol–water partition coefficient (Wildman–Crippen LogP) is 2.09. The first-order valence-electron chi connectivity index (χ1n) is 5.25. The molecule has 0 saturated carbocycles. The van der Waals surface area contributed by atoms with Crippen LogP contribution in [0.25, 0.3) is 0 Å². The van der Waals surface area contributed by atoms with Crippen molar-refractivity contribution in [2.75, 3.05) is 6.54 Å². The Bertz CT molecular complexity index is 305. The van der Waals surface area contributed by atoms with Crippen LogP contribution in [0.3, 0.4) is 0 Å². The topological polar surface area (TPSA) is 36.1 Å². The lowest BCUT2D eigenvalue weighted by Gasteiger charge is -2.23. The highest BCUT2D eigenvalue weighted by Crippen LogP contribution is 2.31. The van der Waals surface area contributed by atoms with Gasteiger partial charge >= 0.3 is 0 Å². The number of aromatic amines is 1. The molecule has 14 heavy (non-hydrogen) atoms. The number of hydrogen-bond acceptors (Lipinski definition) is 1. The van der Waals surface area contributed by atoms with Crippen LogP contribution in [0.2, 0.25) is 0 Å². The van der Waals surface area contributed by atoms with Gasteiger partial charge in [-0.05, 0) is 25.0 Å². The fourth-order valence-corrected chi connectivity index (χ4v) is 2.14. The zero-order valence-corrected chi connectivity index (χ0v) is 8.49. The maximum Gasteiger partial charge on any atom is 0.222 e. The Morgan fingerprint density at radius 3 is 3.21 bits per heavy atom. The first-order chi connectivity index (χ1) is 6.83. The summed E-state index contributed by atoms with van der Waals surface area (Å²) in [5.74, 6) is 0.266. The lowest BCUT2D eigenvalue weighted by Crippen LogP contribution is -2.29. The summed E-state index contributed by atoms with van der Waals surface area (Å²) in [4.78, 5) is 16.8. The molecule has 1 amide bonds. The van der Waals surface area contributed by atoms with Crippen LogP contribution in [0.1, 0.15) is 37.9 Å². The molecule has 1 unspecified atom stereocenters. The van der Waals surface area contributed by atoms with E-state index in [0.717, 1.165) is 19.4 Å². The molecule has 1 N–H and O–H groups in total. The number of carbonyl (C=O) groups is 1. The average Bonchev–Trinajstić information content (AvgIpc) is 2.85. The van der Waals surface area contributed by atoms with Crippen LogP contribution in [0, 0.1) is 0 Å². The van der Waals surface area contributed by atoms with Crippen molar-refractivity contribution in [1.29, 1.82) is 0 Å². The minimum atomic E-state index is 0.266. The lowest BCUT2D eigenvalue weighted by molar-refractivity contribution is -0.131. The molecule has 0 bridgehead atoms. The summed E-state index contributed by atoms with van der Waals surface area (Å²) in [5, 5.41) is 0. The number of hydrogen-bond donors (Lipinski definition) is 1. The number of amides is 1. The summed E-state index contributed by atoms with van der Waals surface area (Å²) in [7, 11) is 0. The second kappa shape index (κ2) is 3.86. The van der Waals surface area contributed by atoms with E-state index in [4.69, 9.17) is 0 Å². The van der Waals surface area contributed by atoms with E-state index in [1.807, 2.05) is 24.1 Å². The summed E-state index contributed by atoms with van der Waals surface area (Å²) in [6.07, 6.45) is 4.74. The van der Waals surface area contributed by atoms with Gasteiger partial charge in [0.2, 0.25) is 5.91 Å². The summed E-state index contributed by atoms with van der Waals surface area (Å²) in [5.41, 5.74) is 1.17. The first-order valence-corrected chi connectivity index (χ1v) is 5.25. The summed E-state index contributed by atoms with van der Waals surface area (Å²) >= 11 is 0. The van der Waals surface area contributed by atoms with Crippen LogP contribution in [0.5, 0.6) is 0 Å². The minimum Gasteiger partial charge on any atom is -0.363 e. The zero-order chi connectivity index (χ0) is 9.97. The Balaban J connectivity index is 2.15. The Labute approximate surface area is 84.1 Å². The Kier molecular flexibility index (Phi) is 2.57. The van der Waals surface area contributed by atoms with Gasteiger partial charge in [-0.1, -0.05) is 6.92 Å². The molecular weight excluding hydrogens is 176 g/mol. The van der Waals surface area contributed by atoms with Gasteiger partial charge in [0.25, 0.3) is 0 Å². The molecule has 2 heterocycles. The van der Waals surface area contributed by atoms with Crippen molar-refractivity contribution in [3.8, 4) is 0 Å². The van der Waals surface area contributed by atoms with Crippen molar-refractivity contribution in [3.63, 3.8) is 0 Å². The SMILES string of the molecule is CCC(=O)N1CCCC1c1ccc[nH]1. The van der Waals surface area contributed by atoms with Gasteiger partial charge in [0, 0.05) is 24.9 Å². The van der Waals surface area contributed by atoms with Crippen LogP contribution in [-0.2, 0) is 4.79 Å². The van der Waals surface area contributed by atoms with Crippen LogP contribution in [-0.4, -0.2) is 22.3 Å². The Morgan fingerprint density at radius 2 is 2.57 bits per heavy atom. The Morgan fingerprint density at radius 1 is 1.71 bits per heavy atom. The van der Waals surface area contributed by atoms with Crippen molar-refractivity contribution in [2.24, 2.45) is 0 Å². The van der Waals surface area contributed by atoms with Crippen molar-refractivity contribution in [3.05, 3.63) is 24.0 Å². The number of carbonyl (C=O) groups excluding carboxylic acids is 1. The fourth-order valence-electron chi connectivity index (χ4n) is 2.14. The monoisotopic (exact) mass is 192 g/mol. The molecule has 1 fully saturated rings. The predicted molar refractivity (Wildman–Crippen MR) is 54.8 cm³/mol. The van der Waals surface area contributed by atoms with Crippen LogP contribution in [0.15, 0.2) is 18.3 Å². The number of H-pyrrole nitrogens is 1. The molecule has 1 aliphatic rings. The molecule has 0 radical (unpaired) electrons. The second-order valence-corrected chi connectivity index (χ2v) is 3.72. The molecule has 76 valence electrons. The quantitative estimate of drug-likeness (QED) is 0.765. The molecule has 0 aromatic carbocycles. The summed E-state index contributed by atoms with van der Waals surface area (Å²) in [6.45, 7) is 2.84. The maximum atomic E-state index is 11.6. The van der Waals surface area contributed by atoms with Gasteiger partial charge in [0.1, 0.15) is 0 Å². The van der Waals surface area contributed by atoms with Crippen LogP contribution < -0.4 is 0 Å². The molecule has 1 atom stereocenters. The van der Waals surface area contributed by atoms with E-state index < -0.39 is 0 Å². The second-order valence-electron chi connectivity index (χ2n) is 3.72. The number of aromatic nitrogens is 1. The van der Waals surface area contributed by atoms with Crippen molar-refractivity contribution in [1.82, 2.24) is 9.88 Å². The number of nitrogens with one attached hydrogen (secondary N) is 1. The van der Waals surface area contributed by atoms with Gasteiger partial charge in [-0.3, -0.25) is 4.79 Å². The number of nitrogens with zero attached hydrogens (tertiary/aromatic N) is 1. The summed E-state index contributed by atoms with van der Waals surface area (Å²) < 4.78 is 0. The molecule has 3 nitrogen and oxygen atoms in total. The first kappa shape index (κ1) is 9.31. The molecule has 1 aromatic heterocycles. The van der Waals surface area contributed by atoms with E-state index in [0.29, 0.717) is 6.42 Å². The van der Waals surface area contributed by atoms with Gasteiger partial charge in [-0.15, -0.1) is 0 Å². The highest BCUT2D eigenvalue weighted by molar-refractivity contribution is 5.76. The van der Waals surface area contributed by atoms with Crippen molar-refractivity contribution < 1.29 is 4.79 Å². The van der Waals surface area contributed by atoms with E-state index in [-0.39, 0.29) is 11.9 Å². The standard InChI is InChI=1S/C11H16N2O/c1-2-11(14)13-8-4-6-10(13)9-5-3-7-12-9/h3,5,7,10,12H,2,4,6,8H2,1H3. The average molecular weight is 192 g/mol. The van der Waals surface area contributed by atoms with E-state index in [2.05, 4.69) is 11.1 Å². The third-order valence-electron chi connectivity index (χ3n) is 2.86. The van der Waals surface area contributed by atoms with Crippen LogP contribution >= 0.6 is 0 Å². The summed E-state index contributed by atoms with van der Waals surface area (Å²) in [6, 6.07) is 4.34. The largest absolute Gasteiger partial charge is 0.363 e. The molecule has 1 saturated heterocycles. The van der Waals surface area contributed by atoms with Crippen molar-refractivity contribution >= 4 is 5.91 Å². The van der Waals surface area contributed by atoms with E-state index in [9.17, 15) is 4.79 Å². The molecule has 3 heteroatoms. The van der Waals surface area contributed by atoms with Gasteiger partial charge in [0.05, 0.1) is 6.04 Å². The molecule has 1 aliphatic heterocycles. The smallest absolute Gasteiger partial charge is 0.222 e. The fraction of sp³-hybridized carbons (Fsp3) is 0.545. The highest BCUT2D eigenvalue weighted by Gasteiger charge is 2.29. The third kappa shape index (κ3) is 1.54. The highest BCUT2D eigenvalue weighted by atomic mass is 16.2. The lowest BCUT2D eigenvalue weighted by atomic mass is 10.1. The number of likely N-dealkylation sites (tertiary alicyclic amines) is 1. The molecule has 2 rings (SSSR count). The maximum absolute atomic E-state index is 11.6. The van der Waals surface area contributed by atoms with E-state index in [1.165, 1.54) is 5.69 Å². The van der Waals surface area contributed by atoms with Crippen LogP contribution in [0.4, 0.5) is 0 Å². The molecule has 0 spiro atoms. The van der Waals surface area contributed by atoms with Gasteiger partial charge in [-0.2, -0.15) is 0 Å². The molecular formula is C11H16N2O. The van der Waals surface area contributed by atoms with Gasteiger partial charge in [0.15, 0.2) is 0 Å².